The molecule has 1 fully saturated rings. The fourth-order valence-electron chi connectivity index (χ4n) is 1.29. The second-order valence-corrected chi connectivity index (χ2v) is 2.94. The van der Waals surface area contributed by atoms with Crippen LogP contribution in [0.4, 0.5) is 0 Å². The third kappa shape index (κ3) is 2.77. The maximum atomic E-state index is 10.2. The Bertz CT molecular complexity index is 159. The molecule has 1 heterocycles. The van der Waals surface area contributed by atoms with Crippen LogP contribution < -0.4 is 0 Å². The van der Waals surface area contributed by atoms with Crippen LogP contribution in [0.5, 0.6) is 0 Å². The van der Waals surface area contributed by atoms with E-state index in [2.05, 4.69) is 0 Å². The predicted molar refractivity (Wildman–Crippen MR) is 38.4 cm³/mol. The van der Waals surface area contributed by atoms with Crippen molar-refractivity contribution in [2.75, 3.05) is 0 Å². The lowest BCUT2D eigenvalue weighted by atomic mass is 10.0. The summed E-state index contributed by atoms with van der Waals surface area (Å²) >= 11 is 0. The van der Waals surface area contributed by atoms with E-state index in [0.29, 0.717) is 0 Å². The molecule has 0 bridgehead atoms. The molecule has 5 nitrogen and oxygen atoms in total. The van der Waals surface area contributed by atoms with Crippen molar-refractivity contribution in [3.05, 3.63) is 0 Å². The summed E-state index contributed by atoms with van der Waals surface area (Å²) in [4.78, 5) is 10.2. The summed E-state index contributed by atoms with van der Waals surface area (Å²) in [5, 5.41) is 26.5. The normalized spacial score (nSPS) is 36.3. The van der Waals surface area contributed by atoms with Gasteiger partial charge in [-0.15, -0.1) is 0 Å². The van der Waals surface area contributed by atoms with Crippen molar-refractivity contribution in [2.45, 2.75) is 37.8 Å². The number of hydrogen-bond donors (Lipinski definition) is 3. The van der Waals surface area contributed by atoms with E-state index in [1.807, 2.05) is 0 Å². The zero-order chi connectivity index (χ0) is 9.14. The molecule has 1 aliphatic rings. The minimum absolute atomic E-state index is 0.163. The highest BCUT2D eigenvalue weighted by Crippen LogP contribution is 2.20. The van der Waals surface area contributed by atoms with Gasteiger partial charge < -0.3 is 20.1 Å². The van der Waals surface area contributed by atoms with Crippen molar-refractivity contribution in [2.24, 2.45) is 0 Å². The van der Waals surface area contributed by atoms with E-state index < -0.39 is 24.5 Å². The number of aliphatic carboxylic acids is 1. The number of carbonyl (C=O) groups is 1. The topological polar surface area (TPSA) is 87.0 Å². The lowest BCUT2D eigenvalue weighted by Gasteiger charge is -2.29. The monoisotopic (exact) mass is 176 g/mol. The fourth-order valence-corrected chi connectivity index (χ4v) is 1.29. The van der Waals surface area contributed by atoms with Gasteiger partial charge in [-0.1, -0.05) is 0 Å². The Balaban J connectivity index is 2.38. The lowest BCUT2D eigenvalue weighted by molar-refractivity contribution is -0.193. The lowest BCUT2D eigenvalue weighted by Crippen LogP contribution is -2.36. The number of hydrogen-bond acceptors (Lipinski definition) is 4. The number of carboxylic acid groups (broad SMARTS) is 1. The molecule has 0 aromatic heterocycles. The van der Waals surface area contributed by atoms with Crippen molar-refractivity contribution in [1.29, 1.82) is 0 Å². The third-order valence-electron chi connectivity index (χ3n) is 1.76. The molecule has 70 valence electrons. The van der Waals surface area contributed by atoms with Gasteiger partial charge in [-0.25, -0.2) is 0 Å². The zero-order valence-electron chi connectivity index (χ0n) is 6.51. The summed E-state index contributed by atoms with van der Waals surface area (Å²) in [5.41, 5.74) is 0. The molecular weight excluding hydrogens is 164 g/mol. The molecule has 1 rings (SSSR count). The molecule has 12 heavy (non-hydrogen) atoms. The molecule has 0 amide bonds. The van der Waals surface area contributed by atoms with E-state index in [4.69, 9.17) is 20.1 Å². The molecule has 1 unspecified atom stereocenters. The Morgan fingerprint density at radius 3 is 2.58 bits per heavy atom. The highest BCUT2D eigenvalue weighted by molar-refractivity contribution is 5.67. The van der Waals surface area contributed by atoms with Crippen LogP contribution in [0, 0.1) is 0 Å². The Kier molecular flexibility index (Phi) is 3.02. The van der Waals surface area contributed by atoms with Gasteiger partial charge in [0.1, 0.15) is 0 Å². The number of aliphatic hydroxyl groups is 2. The van der Waals surface area contributed by atoms with Crippen LogP contribution in [-0.4, -0.2) is 39.8 Å². The van der Waals surface area contributed by atoms with Crippen molar-refractivity contribution in [1.82, 2.24) is 0 Å². The molecule has 0 aliphatic carbocycles. The quantitative estimate of drug-likeness (QED) is 0.519. The number of rotatable bonds is 2. The van der Waals surface area contributed by atoms with E-state index in [1.165, 1.54) is 0 Å². The van der Waals surface area contributed by atoms with Crippen LogP contribution in [0.15, 0.2) is 0 Å². The Labute approximate surface area is 69.6 Å². The SMILES string of the molecule is O=C(O)C[C@@H]1C[C@@H](O)CC(O)O1. The summed E-state index contributed by atoms with van der Waals surface area (Å²) in [5.74, 6) is -0.985. The molecule has 0 radical (unpaired) electrons. The molecule has 0 aromatic carbocycles. The van der Waals surface area contributed by atoms with Crippen molar-refractivity contribution in [3.8, 4) is 0 Å². The molecule has 3 atom stereocenters. The smallest absolute Gasteiger partial charge is 0.305 e. The standard InChI is InChI=1S/C7H12O5/c8-4-1-5(3-6(9)10)12-7(11)2-4/h4-5,7-8,11H,1-3H2,(H,9,10)/t4-,5+,7?/m1/s1. The Morgan fingerprint density at radius 2 is 2.08 bits per heavy atom. The highest BCUT2D eigenvalue weighted by Gasteiger charge is 2.28. The van der Waals surface area contributed by atoms with E-state index in [-0.39, 0.29) is 19.3 Å². The van der Waals surface area contributed by atoms with Crippen molar-refractivity contribution >= 4 is 5.97 Å². The first kappa shape index (κ1) is 9.44. The van der Waals surface area contributed by atoms with Gasteiger partial charge in [0, 0.05) is 12.8 Å². The Hall–Kier alpha value is -0.650. The first-order chi connectivity index (χ1) is 5.58. The summed E-state index contributed by atoms with van der Waals surface area (Å²) in [6.45, 7) is 0. The average Bonchev–Trinajstić information content (AvgIpc) is 1.81. The van der Waals surface area contributed by atoms with Crippen molar-refractivity contribution < 1.29 is 24.9 Å². The molecule has 3 N–H and O–H groups in total. The maximum absolute atomic E-state index is 10.2. The largest absolute Gasteiger partial charge is 0.481 e. The van der Waals surface area contributed by atoms with Crippen molar-refractivity contribution in [3.63, 3.8) is 0 Å². The van der Waals surface area contributed by atoms with Gasteiger partial charge >= 0.3 is 5.97 Å². The van der Waals surface area contributed by atoms with E-state index >= 15 is 0 Å². The first-order valence-corrected chi connectivity index (χ1v) is 3.81. The van der Waals surface area contributed by atoms with Gasteiger partial charge in [0.05, 0.1) is 18.6 Å². The summed E-state index contributed by atoms with van der Waals surface area (Å²) < 4.78 is 4.88. The third-order valence-corrected chi connectivity index (χ3v) is 1.76. The average molecular weight is 176 g/mol. The summed E-state index contributed by atoms with van der Waals surface area (Å²) in [6.07, 6.45) is -1.98. The van der Waals surface area contributed by atoms with Gasteiger partial charge in [-0.3, -0.25) is 4.79 Å². The molecule has 0 aromatic rings. The molecular formula is C7H12O5. The number of carboxylic acids is 1. The van der Waals surface area contributed by atoms with Gasteiger partial charge in [0.25, 0.3) is 0 Å². The van der Waals surface area contributed by atoms with Crippen LogP contribution in [0.1, 0.15) is 19.3 Å². The number of aliphatic hydroxyl groups excluding tert-OH is 2. The second kappa shape index (κ2) is 3.84. The van der Waals surface area contributed by atoms with Crippen LogP contribution in [0.25, 0.3) is 0 Å². The summed E-state index contributed by atoms with van der Waals surface area (Å²) in [7, 11) is 0. The minimum Gasteiger partial charge on any atom is -0.481 e. The highest BCUT2D eigenvalue weighted by atomic mass is 16.6. The van der Waals surface area contributed by atoms with Crippen LogP contribution in [-0.2, 0) is 9.53 Å². The van der Waals surface area contributed by atoms with E-state index in [0.717, 1.165) is 0 Å². The second-order valence-electron chi connectivity index (χ2n) is 2.94. The molecule has 0 spiro atoms. The van der Waals surface area contributed by atoms with E-state index in [9.17, 15) is 4.79 Å². The molecule has 1 aliphatic heterocycles. The Morgan fingerprint density at radius 1 is 1.42 bits per heavy atom. The van der Waals surface area contributed by atoms with Gasteiger partial charge in [0.15, 0.2) is 6.29 Å². The molecule has 0 saturated carbocycles. The van der Waals surface area contributed by atoms with Crippen LogP contribution in [0.2, 0.25) is 0 Å². The maximum Gasteiger partial charge on any atom is 0.305 e. The van der Waals surface area contributed by atoms with Gasteiger partial charge in [0.2, 0.25) is 0 Å². The van der Waals surface area contributed by atoms with E-state index in [1.54, 1.807) is 0 Å². The van der Waals surface area contributed by atoms with Gasteiger partial charge in [-0.2, -0.15) is 0 Å². The predicted octanol–water partition coefficient (Wildman–Crippen LogP) is -0.681. The molecule has 5 heteroatoms. The number of ether oxygens (including phenoxy) is 1. The fraction of sp³-hybridized carbons (Fsp3) is 0.857. The summed E-state index contributed by atoms with van der Waals surface area (Å²) in [6, 6.07) is 0. The first-order valence-electron chi connectivity index (χ1n) is 3.81. The van der Waals surface area contributed by atoms with Gasteiger partial charge in [-0.05, 0) is 0 Å². The minimum atomic E-state index is -1.03. The van der Waals surface area contributed by atoms with Crippen LogP contribution in [0.3, 0.4) is 0 Å². The zero-order valence-corrected chi connectivity index (χ0v) is 6.51. The molecule has 1 saturated heterocycles. The van der Waals surface area contributed by atoms with Crippen LogP contribution >= 0.6 is 0 Å².